The monoisotopic (exact) mass is 324 g/mol. The summed E-state index contributed by atoms with van der Waals surface area (Å²) in [7, 11) is 1.60. The molecule has 0 bridgehead atoms. The molecule has 1 fully saturated rings. The second-order valence-corrected chi connectivity index (χ2v) is 5.88. The van der Waals surface area contributed by atoms with Gasteiger partial charge >= 0.3 is 0 Å². The molecule has 0 radical (unpaired) electrons. The highest BCUT2D eigenvalue weighted by Crippen LogP contribution is 2.22. The molecule has 1 N–H and O–H groups in total. The van der Waals surface area contributed by atoms with Crippen molar-refractivity contribution in [3.8, 4) is 5.75 Å². The normalized spacial score (nSPS) is 17.0. The first kappa shape index (κ1) is 16.1. The van der Waals surface area contributed by atoms with Crippen LogP contribution in [-0.2, 0) is 16.1 Å². The number of nitrogens with one attached hydrogen (secondary N) is 1. The number of likely N-dealkylation sites (tertiary alicyclic amines) is 1. The zero-order chi connectivity index (χ0) is 16.9. The van der Waals surface area contributed by atoms with Crippen molar-refractivity contribution in [2.24, 2.45) is 5.92 Å². The summed E-state index contributed by atoms with van der Waals surface area (Å²) in [5.74, 6) is 0.319. The van der Waals surface area contributed by atoms with Gasteiger partial charge in [-0.05, 0) is 29.8 Å². The fourth-order valence-corrected chi connectivity index (χ4v) is 2.82. The Morgan fingerprint density at radius 3 is 2.54 bits per heavy atom. The van der Waals surface area contributed by atoms with Gasteiger partial charge in [0.2, 0.25) is 11.8 Å². The molecule has 0 aromatic heterocycles. The Labute approximate surface area is 141 Å². The van der Waals surface area contributed by atoms with E-state index in [2.05, 4.69) is 5.32 Å². The molecule has 1 aliphatic heterocycles. The van der Waals surface area contributed by atoms with Crippen molar-refractivity contribution in [3.05, 3.63) is 60.2 Å². The molecule has 2 aromatic carbocycles. The van der Waals surface area contributed by atoms with Gasteiger partial charge < -0.3 is 15.0 Å². The van der Waals surface area contributed by atoms with Crippen molar-refractivity contribution in [2.45, 2.75) is 13.0 Å². The third kappa shape index (κ3) is 3.74. The van der Waals surface area contributed by atoms with Crippen LogP contribution in [0.4, 0.5) is 5.69 Å². The van der Waals surface area contributed by atoms with Crippen LogP contribution in [0.15, 0.2) is 54.6 Å². The third-order valence-electron chi connectivity index (χ3n) is 4.16. The highest BCUT2D eigenvalue weighted by atomic mass is 16.5. The highest BCUT2D eigenvalue weighted by molar-refractivity contribution is 5.97. The number of carbonyl (C=O) groups is 2. The molecule has 124 valence electrons. The van der Waals surface area contributed by atoms with Crippen LogP contribution in [0.3, 0.4) is 0 Å². The Balaban J connectivity index is 1.59. The largest absolute Gasteiger partial charge is 0.497 e. The van der Waals surface area contributed by atoms with E-state index in [1.54, 1.807) is 36.3 Å². The fraction of sp³-hybridized carbons (Fsp3) is 0.263. The predicted molar refractivity (Wildman–Crippen MR) is 91.6 cm³/mol. The molecule has 1 atom stereocenters. The van der Waals surface area contributed by atoms with Gasteiger partial charge in [0.1, 0.15) is 5.75 Å². The van der Waals surface area contributed by atoms with E-state index in [4.69, 9.17) is 4.74 Å². The predicted octanol–water partition coefficient (Wildman–Crippen LogP) is 2.68. The maximum atomic E-state index is 12.4. The van der Waals surface area contributed by atoms with Crippen molar-refractivity contribution < 1.29 is 14.3 Å². The lowest BCUT2D eigenvalue weighted by Gasteiger charge is -2.16. The molecule has 3 rings (SSSR count). The van der Waals surface area contributed by atoms with Gasteiger partial charge in [-0.15, -0.1) is 0 Å². The Morgan fingerprint density at radius 1 is 1.17 bits per heavy atom. The molecule has 1 aliphatic rings. The Hall–Kier alpha value is -2.82. The van der Waals surface area contributed by atoms with Gasteiger partial charge in [0, 0.05) is 25.2 Å². The summed E-state index contributed by atoms with van der Waals surface area (Å²) in [6.07, 6.45) is 0.259. The Kier molecular flexibility index (Phi) is 4.79. The topological polar surface area (TPSA) is 58.6 Å². The first-order valence-corrected chi connectivity index (χ1v) is 7.92. The van der Waals surface area contributed by atoms with Crippen LogP contribution < -0.4 is 10.1 Å². The van der Waals surface area contributed by atoms with Crippen molar-refractivity contribution in [1.29, 1.82) is 0 Å². The van der Waals surface area contributed by atoms with E-state index >= 15 is 0 Å². The lowest BCUT2D eigenvalue weighted by atomic mass is 10.1. The zero-order valence-electron chi connectivity index (χ0n) is 13.6. The van der Waals surface area contributed by atoms with Gasteiger partial charge in [-0.25, -0.2) is 0 Å². The summed E-state index contributed by atoms with van der Waals surface area (Å²) in [5, 5.41) is 2.87. The standard InChI is InChI=1S/C19H20N2O3/c1-24-17-9-7-16(8-10-17)20-19(23)15-11-18(22)21(13-15)12-14-5-3-2-4-6-14/h2-10,15H,11-13H2,1H3,(H,20,23)/t15-/m0/s1. The van der Waals surface area contributed by atoms with Gasteiger partial charge in [0.15, 0.2) is 0 Å². The van der Waals surface area contributed by atoms with Gasteiger partial charge in [-0.2, -0.15) is 0 Å². The molecule has 2 amide bonds. The van der Waals surface area contributed by atoms with Gasteiger partial charge in [0.25, 0.3) is 0 Å². The molecule has 0 aliphatic carbocycles. The molecular weight excluding hydrogens is 304 g/mol. The van der Waals surface area contributed by atoms with Gasteiger partial charge in [-0.1, -0.05) is 30.3 Å². The minimum atomic E-state index is -0.316. The molecule has 0 spiro atoms. The molecule has 5 heteroatoms. The van der Waals surface area contributed by atoms with Gasteiger partial charge in [0.05, 0.1) is 13.0 Å². The van der Waals surface area contributed by atoms with E-state index in [1.807, 2.05) is 30.3 Å². The third-order valence-corrected chi connectivity index (χ3v) is 4.16. The van der Waals surface area contributed by atoms with Crippen LogP contribution in [-0.4, -0.2) is 30.4 Å². The molecule has 1 saturated heterocycles. The van der Waals surface area contributed by atoms with Crippen LogP contribution in [0.25, 0.3) is 0 Å². The number of hydrogen-bond acceptors (Lipinski definition) is 3. The van der Waals surface area contributed by atoms with E-state index in [0.29, 0.717) is 18.8 Å². The smallest absolute Gasteiger partial charge is 0.229 e. The molecule has 24 heavy (non-hydrogen) atoms. The molecular formula is C19H20N2O3. The zero-order valence-corrected chi connectivity index (χ0v) is 13.6. The number of benzene rings is 2. The average Bonchev–Trinajstić information content (AvgIpc) is 2.97. The van der Waals surface area contributed by atoms with E-state index in [0.717, 1.165) is 11.3 Å². The van der Waals surface area contributed by atoms with Crippen molar-refractivity contribution >= 4 is 17.5 Å². The first-order chi connectivity index (χ1) is 11.7. The first-order valence-electron chi connectivity index (χ1n) is 7.92. The number of ether oxygens (including phenoxy) is 1. The summed E-state index contributed by atoms with van der Waals surface area (Å²) in [6.45, 7) is 1.00. The molecule has 1 heterocycles. The summed E-state index contributed by atoms with van der Waals surface area (Å²) in [6, 6.07) is 17.0. The summed E-state index contributed by atoms with van der Waals surface area (Å²) in [5.41, 5.74) is 1.77. The maximum absolute atomic E-state index is 12.4. The number of nitrogens with zero attached hydrogens (tertiary/aromatic N) is 1. The summed E-state index contributed by atoms with van der Waals surface area (Å²) >= 11 is 0. The van der Waals surface area contributed by atoms with Crippen LogP contribution in [0.1, 0.15) is 12.0 Å². The van der Waals surface area contributed by atoms with Gasteiger partial charge in [-0.3, -0.25) is 9.59 Å². The second kappa shape index (κ2) is 7.17. The maximum Gasteiger partial charge on any atom is 0.229 e. The van der Waals surface area contributed by atoms with Crippen molar-refractivity contribution in [2.75, 3.05) is 19.0 Å². The Bertz CT molecular complexity index is 713. The minimum absolute atomic E-state index is 0.0220. The van der Waals surface area contributed by atoms with Crippen LogP contribution in [0.2, 0.25) is 0 Å². The highest BCUT2D eigenvalue weighted by Gasteiger charge is 2.34. The lowest BCUT2D eigenvalue weighted by molar-refractivity contribution is -0.128. The number of amides is 2. The molecule has 2 aromatic rings. The van der Waals surface area contributed by atoms with E-state index in [-0.39, 0.29) is 24.2 Å². The van der Waals surface area contributed by atoms with E-state index in [9.17, 15) is 9.59 Å². The Morgan fingerprint density at radius 2 is 1.88 bits per heavy atom. The quantitative estimate of drug-likeness (QED) is 0.920. The minimum Gasteiger partial charge on any atom is -0.497 e. The van der Waals surface area contributed by atoms with Crippen molar-refractivity contribution in [3.63, 3.8) is 0 Å². The number of anilines is 1. The molecule has 5 nitrogen and oxygen atoms in total. The second-order valence-electron chi connectivity index (χ2n) is 5.88. The molecule has 0 saturated carbocycles. The number of hydrogen-bond donors (Lipinski definition) is 1. The van der Waals surface area contributed by atoms with Crippen LogP contribution in [0.5, 0.6) is 5.75 Å². The van der Waals surface area contributed by atoms with Crippen molar-refractivity contribution in [1.82, 2.24) is 4.90 Å². The molecule has 0 unspecified atom stereocenters. The number of methoxy groups -OCH3 is 1. The van der Waals surface area contributed by atoms with E-state index < -0.39 is 0 Å². The fourth-order valence-electron chi connectivity index (χ4n) is 2.82. The number of rotatable bonds is 5. The average molecular weight is 324 g/mol. The summed E-state index contributed by atoms with van der Waals surface area (Å²) in [4.78, 5) is 26.3. The van der Waals surface area contributed by atoms with E-state index in [1.165, 1.54) is 0 Å². The summed E-state index contributed by atoms with van der Waals surface area (Å²) < 4.78 is 5.09. The number of carbonyl (C=O) groups excluding carboxylic acids is 2. The van der Waals surface area contributed by atoms with Crippen LogP contribution in [0, 0.1) is 5.92 Å². The lowest BCUT2D eigenvalue weighted by Crippen LogP contribution is -2.28. The SMILES string of the molecule is COc1ccc(NC(=O)[C@H]2CC(=O)N(Cc3ccccc3)C2)cc1. The van der Waals surface area contributed by atoms with Crippen LogP contribution >= 0.6 is 0 Å².